The van der Waals surface area contributed by atoms with E-state index in [4.69, 9.17) is 0 Å². The lowest BCUT2D eigenvalue weighted by molar-refractivity contribution is -0.125. The number of fused-ring (bicyclic) bond motifs is 1. The van der Waals surface area contributed by atoms with Crippen LogP contribution < -0.4 is 5.32 Å². The molecule has 2 fully saturated rings. The zero-order valence-corrected chi connectivity index (χ0v) is 10.4. The summed E-state index contributed by atoms with van der Waals surface area (Å²) in [5.41, 5.74) is 0.641. The quantitative estimate of drug-likeness (QED) is 0.841. The van der Waals surface area contributed by atoms with Crippen LogP contribution in [-0.2, 0) is 4.79 Å². The van der Waals surface area contributed by atoms with E-state index >= 15 is 0 Å². The van der Waals surface area contributed by atoms with E-state index in [1.165, 1.54) is 12.1 Å². The fourth-order valence-electron chi connectivity index (χ4n) is 3.06. The Morgan fingerprint density at radius 3 is 2.89 bits per heavy atom. The maximum absolute atomic E-state index is 13.3. The maximum Gasteiger partial charge on any atom is 0.324 e. The highest BCUT2D eigenvalue weighted by Gasteiger charge is 2.42. The number of hydrogen-bond acceptors (Lipinski definition) is 2. The van der Waals surface area contributed by atoms with Crippen LogP contribution in [0.15, 0.2) is 24.3 Å². The first-order chi connectivity index (χ1) is 9.16. The standard InChI is InChI=1S/C14H15FN2O2/c15-10-5-3-4-9(8-10)12-11-6-1-2-7-17(11)14(19)16-13(12)18/h3-5,8,11-12H,1-2,6-7H2,(H,16,18,19)/t11-,12-/m1/s1. The fourth-order valence-corrected chi connectivity index (χ4v) is 3.06. The van der Waals surface area contributed by atoms with Crippen LogP contribution in [0.25, 0.3) is 0 Å². The lowest BCUT2D eigenvalue weighted by Crippen LogP contribution is -2.60. The number of halogens is 1. The fraction of sp³-hybridized carbons (Fsp3) is 0.429. The summed E-state index contributed by atoms with van der Waals surface area (Å²) < 4.78 is 13.3. The Labute approximate surface area is 110 Å². The zero-order valence-electron chi connectivity index (χ0n) is 10.4. The summed E-state index contributed by atoms with van der Waals surface area (Å²) in [6.45, 7) is 0.662. The van der Waals surface area contributed by atoms with Crippen LogP contribution in [0.3, 0.4) is 0 Å². The summed E-state index contributed by atoms with van der Waals surface area (Å²) in [6, 6.07) is 5.62. The molecule has 2 aliphatic heterocycles. The normalized spacial score (nSPS) is 26.9. The Balaban J connectivity index is 1.98. The number of rotatable bonds is 1. The van der Waals surface area contributed by atoms with E-state index in [2.05, 4.69) is 5.32 Å². The van der Waals surface area contributed by atoms with E-state index in [0.29, 0.717) is 12.1 Å². The molecule has 100 valence electrons. The summed E-state index contributed by atoms with van der Waals surface area (Å²) in [5, 5.41) is 2.37. The van der Waals surface area contributed by atoms with Gasteiger partial charge in [-0.25, -0.2) is 9.18 Å². The van der Waals surface area contributed by atoms with E-state index in [9.17, 15) is 14.0 Å². The summed E-state index contributed by atoms with van der Waals surface area (Å²) in [6.07, 6.45) is 2.74. The second kappa shape index (κ2) is 4.64. The Morgan fingerprint density at radius 1 is 1.26 bits per heavy atom. The van der Waals surface area contributed by atoms with Gasteiger partial charge in [-0.15, -0.1) is 0 Å². The number of nitrogens with zero attached hydrogens (tertiary/aromatic N) is 1. The van der Waals surface area contributed by atoms with Gasteiger partial charge in [-0.3, -0.25) is 10.1 Å². The molecule has 19 heavy (non-hydrogen) atoms. The van der Waals surface area contributed by atoms with Gasteiger partial charge in [0, 0.05) is 12.6 Å². The van der Waals surface area contributed by atoms with E-state index in [1.807, 2.05) is 0 Å². The second-order valence-electron chi connectivity index (χ2n) is 5.08. The van der Waals surface area contributed by atoms with Gasteiger partial charge in [0.2, 0.25) is 5.91 Å². The lowest BCUT2D eigenvalue weighted by Gasteiger charge is -2.43. The number of carbonyl (C=O) groups is 2. The van der Waals surface area contributed by atoms with Gasteiger partial charge in [-0.05, 0) is 37.0 Å². The number of amides is 3. The van der Waals surface area contributed by atoms with Crippen molar-refractivity contribution in [3.8, 4) is 0 Å². The van der Waals surface area contributed by atoms with Crippen LogP contribution in [-0.4, -0.2) is 29.4 Å². The molecule has 0 saturated carbocycles. The highest BCUT2D eigenvalue weighted by molar-refractivity contribution is 6.01. The number of urea groups is 1. The third-order valence-corrected chi connectivity index (χ3v) is 3.92. The van der Waals surface area contributed by atoms with E-state index in [-0.39, 0.29) is 23.8 Å². The minimum atomic E-state index is -0.464. The molecule has 0 unspecified atom stereocenters. The molecule has 0 aliphatic carbocycles. The average molecular weight is 262 g/mol. The SMILES string of the molecule is O=C1NC(=O)N2CCCC[C@@H]2[C@H]1c1cccc(F)c1. The van der Waals surface area contributed by atoms with Crippen molar-refractivity contribution in [2.24, 2.45) is 0 Å². The van der Waals surface area contributed by atoms with E-state index in [1.54, 1.807) is 17.0 Å². The Hall–Kier alpha value is -1.91. The molecule has 0 radical (unpaired) electrons. The van der Waals surface area contributed by atoms with Gasteiger partial charge < -0.3 is 4.90 Å². The highest BCUT2D eigenvalue weighted by Crippen LogP contribution is 2.33. The predicted octanol–water partition coefficient (Wildman–Crippen LogP) is 2.01. The summed E-state index contributed by atoms with van der Waals surface area (Å²) in [7, 11) is 0. The molecule has 2 heterocycles. The van der Waals surface area contributed by atoms with Crippen LogP contribution in [0.1, 0.15) is 30.7 Å². The van der Waals surface area contributed by atoms with Gasteiger partial charge in [-0.1, -0.05) is 12.1 Å². The van der Waals surface area contributed by atoms with Gasteiger partial charge in [0.1, 0.15) is 5.82 Å². The van der Waals surface area contributed by atoms with Gasteiger partial charge in [0.05, 0.1) is 5.92 Å². The van der Waals surface area contributed by atoms with Crippen LogP contribution in [0.2, 0.25) is 0 Å². The molecule has 3 amide bonds. The zero-order chi connectivity index (χ0) is 13.4. The molecule has 2 saturated heterocycles. The summed E-state index contributed by atoms with van der Waals surface area (Å²) in [5.74, 6) is -1.14. The van der Waals surface area contributed by atoms with Crippen LogP contribution in [0.5, 0.6) is 0 Å². The average Bonchev–Trinajstić information content (AvgIpc) is 2.39. The maximum atomic E-state index is 13.3. The molecular formula is C14H15FN2O2. The molecule has 1 N–H and O–H groups in total. The van der Waals surface area contributed by atoms with E-state index in [0.717, 1.165) is 19.3 Å². The van der Waals surface area contributed by atoms with Crippen LogP contribution in [0, 0.1) is 5.82 Å². The molecule has 4 nitrogen and oxygen atoms in total. The molecule has 0 bridgehead atoms. The summed E-state index contributed by atoms with van der Waals surface area (Å²) in [4.78, 5) is 25.6. The smallest absolute Gasteiger partial charge is 0.320 e. The molecule has 2 aliphatic rings. The van der Waals surface area contributed by atoms with Gasteiger partial charge in [-0.2, -0.15) is 0 Å². The number of piperidine rings is 1. The second-order valence-corrected chi connectivity index (χ2v) is 5.08. The third kappa shape index (κ3) is 2.09. The van der Waals surface area contributed by atoms with Gasteiger partial charge in [0.15, 0.2) is 0 Å². The Kier molecular flexibility index (Phi) is 2.97. The van der Waals surface area contributed by atoms with Crippen molar-refractivity contribution in [3.05, 3.63) is 35.6 Å². The number of benzene rings is 1. The molecule has 3 rings (SSSR count). The lowest BCUT2D eigenvalue weighted by atomic mass is 9.83. The largest absolute Gasteiger partial charge is 0.324 e. The highest BCUT2D eigenvalue weighted by atomic mass is 19.1. The molecule has 2 atom stereocenters. The first kappa shape index (κ1) is 12.1. The molecule has 1 aromatic rings. The first-order valence-electron chi connectivity index (χ1n) is 6.54. The number of imide groups is 1. The topological polar surface area (TPSA) is 49.4 Å². The molecular weight excluding hydrogens is 247 g/mol. The number of hydrogen-bond donors (Lipinski definition) is 1. The minimum Gasteiger partial charge on any atom is -0.320 e. The predicted molar refractivity (Wildman–Crippen MR) is 67.0 cm³/mol. The molecule has 0 aromatic heterocycles. The Morgan fingerprint density at radius 2 is 2.11 bits per heavy atom. The van der Waals surface area contributed by atoms with Crippen molar-refractivity contribution >= 4 is 11.9 Å². The van der Waals surface area contributed by atoms with Gasteiger partial charge in [0.25, 0.3) is 0 Å². The van der Waals surface area contributed by atoms with Crippen molar-refractivity contribution < 1.29 is 14.0 Å². The van der Waals surface area contributed by atoms with Crippen molar-refractivity contribution in [1.82, 2.24) is 10.2 Å². The van der Waals surface area contributed by atoms with Crippen molar-refractivity contribution in [3.63, 3.8) is 0 Å². The molecule has 0 spiro atoms. The first-order valence-corrected chi connectivity index (χ1v) is 6.54. The minimum absolute atomic E-state index is 0.142. The summed E-state index contributed by atoms with van der Waals surface area (Å²) >= 11 is 0. The third-order valence-electron chi connectivity index (χ3n) is 3.92. The van der Waals surface area contributed by atoms with Crippen molar-refractivity contribution in [2.75, 3.05) is 6.54 Å². The van der Waals surface area contributed by atoms with Crippen molar-refractivity contribution in [1.29, 1.82) is 0 Å². The number of nitrogens with one attached hydrogen (secondary N) is 1. The molecule has 5 heteroatoms. The number of carbonyl (C=O) groups excluding carboxylic acids is 2. The van der Waals surface area contributed by atoms with Crippen LogP contribution >= 0.6 is 0 Å². The van der Waals surface area contributed by atoms with Gasteiger partial charge >= 0.3 is 6.03 Å². The van der Waals surface area contributed by atoms with Crippen LogP contribution in [0.4, 0.5) is 9.18 Å². The van der Waals surface area contributed by atoms with E-state index < -0.39 is 5.92 Å². The monoisotopic (exact) mass is 262 g/mol. The Bertz CT molecular complexity index is 532. The van der Waals surface area contributed by atoms with Crippen molar-refractivity contribution in [2.45, 2.75) is 31.2 Å². The molecule has 1 aromatic carbocycles.